The van der Waals surface area contributed by atoms with Crippen molar-refractivity contribution in [2.75, 3.05) is 26.8 Å². The minimum absolute atomic E-state index is 0. The van der Waals surface area contributed by atoms with Crippen molar-refractivity contribution in [2.24, 2.45) is 5.92 Å². The number of piperidine rings is 1. The number of carbonyl (C=O) groups is 1. The summed E-state index contributed by atoms with van der Waals surface area (Å²) in [6.45, 7) is 5.63. The van der Waals surface area contributed by atoms with Gasteiger partial charge in [0, 0.05) is 42.0 Å². The van der Waals surface area contributed by atoms with Crippen LogP contribution in [0, 0.1) is 12.8 Å². The average molecular weight is 576 g/mol. The van der Waals surface area contributed by atoms with Crippen LogP contribution in [-0.2, 0) is 4.79 Å². The summed E-state index contributed by atoms with van der Waals surface area (Å²) in [7, 11) is 1.64. The summed E-state index contributed by atoms with van der Waals surface area (Å²) in [6.07, 6.45) is 1.81. The third kappa shape index (κ3) is 4.69. The van der Waals surface area contributed by atoms with Gasteiger partial charge in [-0.15, -0.1) is 12.4 Å². The van der Waals surface area contributed by atoms with E-state index in [2.05, 4.69) is 26.1 Å². The molecule has 0 atom stereocenters. The van der Waals surface area contributed by atoms with E-state index in [4.69, 9.17) is 14.5 Å². The van der Waals surface area contributed by atoms with E-state index in [1.165, 1.54) is 0 Å². The number of aromatic hydroxyl groups is 1. The number of nitrogens with zero attached hydrogens (tertiary/aromatic N) is 3. The zero-order valence-corrected chi connectivity index (χ0v) is 22.7. The molecule has 3 heterocycles. The summed E-state index contributed by atoms with van der Waals surface area (Å²) >= 11 is 3.41. The van der Waals surface area contributed by atoms with E-state index in [9.17, 15) is 9.90 Å². The lowest BCUT2D eigenvalue weighted by atomic mass is 9.97. The number of likely N-dealkylation sites (tertiary alicyclic amines) is 1. The predicted molar refractivity (Wildman–Crippen MR) is 145 cm³/mol. The Hall–Kier alpha value is -3.04. The van der Waals surface area contributed by atoms with Gasteiger partial charge in [-0.05, 0) is 71.9 Å². The number of methoxy groups -OCH3 is 1. The Labute approximate surface area is 223 Å². The molecular formula is C26H28BrClN4O4. The predicted octanol–water partition coefficient (Wildman–Crippen LogP) is 5.62. The molecule has 0 unspecified atom stereocenters. The van der Waals surface area contributed by atoms with Crippen LogP contribution in [0.25, 0.3) is 33.1 Å². The second-order valence-electron chi connectivity index (χ2n) is 8.95. The molecule has 2 aromatic carbocycles. The Morgan fingerprint density at radius 2 is 1.97 bits per heavy atom. The number of aromatic amines is 1. The first-order valence-electron chi connectivity index (χ1n) is 11.6. The molecule has 190 valence electrons. The van der Waals surface area contributed by atoms with Gasteiger partial charge in [0.2, 0.25) is 5.91 Å². The molecule has 1 aliphatic heterocycles. The van der Waals surface area contributed by atoms with Crippen molar-refractivity contribution in [2.45, 2.75) is 26.7 Å². The molecule has 1 saturated heterocycles. The summed E-state index contributed by atoms with van der Waals surface area (Å²) in [6, 6.07) is 9.21. The van der Waals surface area contributed by atoms with Crippen molar-refractivity contribution in [1.29, 1.82) is 0 Å². The number of aryl methyl sites for hydroxylation is 1. The van der Waals surface area contributed by atoms with Gasteiger partial charge in [0.25, 0.3) is 0 Å². The minimum atomic E-state index is 0. The maximum atomic E-state index is 11.7. The molecule has 36 heavy (non-hydrogen) atoms. The van der Waals surface area contributed by atoms with Crippen LogP contribution in [0.3, 0.4) is 0 Å². The third-order valence-corrected chi connectivity index (χ3v) is 7.37. The molecule has 5 rings (SSSR count). The largest absolute Gasteiger partial charge is 0.507 e. The summed E-state index contributed by atoms with van der Waals surface area (Å²) in [5.74, 6) is 1.94. The highest BCUT2D eigenvalue weighted by Crippen LogP contribution is 2.44. The number of phenols is 1. The molecule has 8 nitrogen and oxygen atoms in total. The Balaban J connectivity index is 0.00000304. The third-order valence-electron chi connectivity index (χ3n) is 6.74. The van der Waals surface area contributed by atoms with E-state index in [0.717, 1.165) is 59.0 Å². The number of rotatable bonds is 5. The Morgan fingerprint density at radius 3 is 2.64 bits per heavy atom. The maximum absolute atomic E-state index is 11.7. The molecule has 0 spiro atoms. The number of aromatic nitrogens is 3. The normalized spacial score (nSPS) is 14.2. The summed E-state index contributed by atoms with van der Waals surface area (Å²) < 4.78 is 12.8. The van der Waals surface area contributed by atoms with Crippen LogP contribution in [0.2, 0.25) is 0 Å². The van der Waals surface area contributed by atoms with Gasteiger partial charge in [-0.3, -0.25) is 9.89 Å². The number of carbonyl (C=O) groups excluding carboxylic acids is 1. The Morgan fingerprint density at radius 1 is 1.22 bits per heavy atom. The lowest BCUT2D eigenvalue weighted by Gasteiger charge is -2.31. The van der Waals surface area contributed by atoms with Gasteiger partial charge in [0.1, 0.15) is 5.75 Å². The number of fused-ring (bicyclic) bond motifs is 3. The van der Waals surface area contributed by atoms with Gasteiger partial charge in [0.05, 0.1) is 29.3 Å². The molecular weight excluding hydrogens is 548 g/mol. The zero-order chi connectivity index (χ0) is 24.7. The van der Waals surface area contributed by atoms with Crippen LogP contribution in [0.15, 0.2) is 34.8 Å². The first-order valence-corrected chi connectivity index (χ1v) is 12.4. The van der Waals surface area contributed by atoms with Crippen LogP contribution in [-0.4, -0.2) is 57.9 Å². The molecule has 2 N–H and O–H groups in total. The van der Waals surface area contributed by atoms with Crippen LogP contribution >= 0.6 is 28.3 Å². The van der Waals surface area contributed by atoms with Gasteiger partial charge >= 0.3 is 0 Å². The Bertz CT molecular complexity index is 1430. The van der Waals surface area contributed by atoms with E-state index < -0.39 is 0 Å². The van der Waals surface area contributed by atoms with Gasteiger partial charge in [-0.1, -0.05) is 0 Å². The van der Waals surface area contributed by atoms with E-state index in [1.807, 2.05) is 36.1 Å². The smallest absolute Gasteiger partial charge is 0.219 e. The summed E-state index contributed by atoms with van der Waals surface area (Å²) in [5.41, 5.74) is 3.06. The SMILES string of the molecule is COc1ccc2c(-c3ccc(O)c(Br)c3)nc3n[nH]c(C)c3c2c1OCC1CCN(C(C)=O)CC1.Cl. The number of phenolic OH excluding ortho intramolecular Hbond substituents is 1. The molecule has 10 heteroatoms. The van der Waals surface area contributed by atoms with Crippen LogP contribution < -0.4 is 9.47 Å². The van der Waals surface area contributed by atoms with Crippen molar-refractivity contribution in [3.05, 3.63) is 40.5 Å². The molecule has 0 saturated carbocycles. The molecule has 1 aliphatic rings. The first-order chi connectivity index (χ1) is 16.9. The molecule has 0 aliphatic carbocycles. The highest BCUT2D eigenvalue weighted by molar-refractivity contribution is 9.10. The second-order valence-corrected chi connectivity index (χ2v) is 9.81. The van der Waals surface area contributed by atoms with E-state index in [-0.39, 0.29) is 24.1 Å². The van der Waals surface area contributed by atoms with E-state index in [0.29, 0.717) is 34.1 Å². The Kier molecular flexibility index (Phi) is 7.61. The van der Waals surface area contributed by atoms with Gasteiger partial charge in [-0.25, -0.2) is 4.98 Å². The zero-order valence-electron chi connectivity index (χ0n) is 20.3. The topological polar surface area (TPSA) is 101 Å². The lowest BCUT2D eigenvalue weighted by molar-refractivity contribution is -0.130. The van der Waals surface area contributed by atoms with E-state index in [1.54, 1.807) is 20.1 Å². The fourth-order valence-corrected chi connectivity index (χ4v) is 5.14. The van der Waals surface area contributed by atoms with Crippen LogP contribution in [0.4, 0.5) is 0 Å². The van der Waals surface area contributed by atoms with Gasteiger partial charge < -0.3 is 19.5 Å². The quantitative estimate of drug-likeness (QED) is 0.320. The average Bonchev–Trinajstić information content (AvgIpc) is 3.24. The summed E-state index contributed by atoms with van der Waals surface area (Å²) in [5, 5.41) is 20.2. The first kappa shape index (κ1) is 26.0. The molecule has 2 aromatic heterocycles. The highest BCUT2D eigenvalue weighted by Gasteiger charge is 2.24. The fraction of sp³-hybridized carbons (Fsp3) is 0.346. The van der Waals surface area contributed by atoms with Gasteiger partial charge in [0.15, 0.2) is 17.1 Å². The number of ether oxygens (including phenoxy) is 2. The van der Waals surface area contributed by atoms with Crippen LogP contribution in [0.5, 0.6) is 17.2 Å². The molecule has 1 fully saturated rings. The molecule has 0 radical (unpaired) electrons. The van der Waals surface area contributed by atoms with Crippen molar-refractivity contribution >= 4 is 56.1 Å². The molecule has 0 bridgehead atoms. The second kappa shape index (κ2) is 10.5. The number of hydrogen-bond donors (Lipinski definition) is 2. The summed E-state index contributed by atoms with van der Waals surface area (Å²) in [4.78, 5) is 18.4. The van der Waals surface area contributed by atoms with Crippen molar-refractivity contribution in [3.8, 4) is 28.5 Å². The number of nitrogens with one attached hydrogen (secondary N) is 1. The molecule has 1 amide bonds. The van der Waals surface area contributed by atoms with Crippen molar-refractivity contribution < 1.29 is 19.4 Å². The highest BCUT2D eigenvalue weighted by atomic mass is 79.9. The van der Waals surface area contributed by atoms with Gasteiger partial charge in [-0.2, -0.15) is 5.10 Å². The lowest BCUT2D eigenvalue weighted by Crippen LogP contribution is -2.38. The number of hydrogen-bond acceptors (Lipinski definition) is 6. The number of benzene rings is 2. The number of amides is 1. The monoisotopic (exact) mass is 574 g/mol. The van der Waals surface area contributed by atoms with Crippen molar-refractivity contribution in [3.63, 3.8) is 0 Å². The number of halogens is 2. The minimum Gasteiger partial charge on any atom is -0.507 e. The standard InChI is InChI=1S/C26H27BrN4O4.ClH/c1-14-22-23-18(24(28-26(22)30-29-14)17-4-6-20(33)19(27)12-17)5-7-21(34-3)25(23)35-13-16-8-10-31(11-9-16)15(2)32;/h4-7,12,16,33H,8-11,13H2,1-3H3,(H,28,29,30);1H. The van der Waals surface area contributed by atoms with Crippen molar-refractivity contribution in [1.82, 2.24) is 20.1 Å². The fourth-order valence-electron chi connectivity index (χ4n) is 4.77. The molecule has 4 aromatic rings. The van der Waals surface area contributed by atoms with Crippen LogP contribution in [0.1, 0.15) is 25.5 Å². The maximum Gasteiger partial charge on any atom is 0.219 e. The van der Waals surface area contributed by atoms with E-state index >= 15 is 0 Å². The number of H-pyrrole nitrogens is 1. The number of pyridine rings is 1.